The first-order valence-corrected chi connectivity index (χ1v) is 5.75. The average molecular weight is 232 g/mol. The molecule has 0 radical (unpaired) electrons. The Morgan fingerprint density at radius 3 is 2.71 bits per heavy atom. The summed E-state index contributed by atoms with van der Waals surface area (Å²) < 4.78 is 16.3. The van der Waals surface area contributed by atoms with Gasteiger partial charge in [0.1, 0.15) is 18.1 Å². The number of para-hydroxylation sites is 1. The third kappa shape index (κ3) is 3.11. The molecular weight excluding hydrogens is 216 g/mol. The number of furan rings is 1. The summed E-state index contributed by atoms with van der Waals surface area (Å²) >= 11 is 0. The number of rotatable bonds is 6. The first-order chi connectivity index (χ1) is 8.42. The molecule has 2 rings (SSSR count). The number of benzene rings is 1. The van der Waals surface area contributed by atoms with Crippen LogP contribution in [0.3, 0.4) is 0 Å². The van der Waals surface area contributed by atoms with Gasteiger partial charge in [-0.1, -0.05) is 12.1 Å². The van der Waals surface area contributed by atoms with Gasteiger partial charge in [-0.15, -0.1) is 0 Å². The normalized spacial score (nSPS) is 10.4. The van der Waals surface area contributed by atoms with E-state index in [0.717, 1.165) is 17.1 Å². The second-order valence-electron chi connectivity index (χ2n) is 3.52. The van der Waals surface area contributed by atoms with Crippen molar-refractivity contribution >= 4 is 0 Å². The van der Waals surface area contributed by atoms with Gasteiger partial charge in [-0.05, 0) is 31.2 Å². The molecule has 2 aromatic rings. The molecule has 3 nitrogen and oxygen atoms in total. The number of hydrogen-bond acceptors (Lipinski definition) is 3. The van der Waals surface area contributed by atoms with Crippen LogP contribution in [0.25, 0.3) is 11.3 Å². The van der Waals surface area contributed by atoms with E-state index in [-0.39, 0.29) is 0 Å². The third-order valence-electron chi connectivity index (χ3n) is 2.36. The van der Waals surface area contributed by atoms with Gasteiger partial charge in [-0.25, -0.2) is 0 Å². The Labute approximate surface area is 101 Å². The fourth-order valence-corrected chi connectivity index (χ4v) is 1.58. The SMILES string of the molecule is CCOCCOc1ccccc1-c1ccco1. The van der Waals surface area contributed by atoms with Gasteiger partial charge in [0.2, 0.25) is 0 Å². The summed E-state index contributed by atoms with van der Waals surface area (Å²) in [6.07, 6.45) is 1.66. The molecule has 0 fully saturated rings. The Morgan fingerprint density at radius 2 is 1.94 bits per heavy atom. The lowest BCUT2D eigenvalue weighted by molar-refractivity contribution is 0.110. The van der Waals surface area contributed by atoms with Crippen molar-refractivity contribution in [3.05, 3.63) is 42.7 Å². The van der Waals surface area contributed by atoms with Crippen molar-refractivity contribution in [3.63, 3.8) is 0 Å². The van der Waals surface area contributed by atoms with Crippen molar-refractivity contribution in [1.29, 1.82) is 0 Å². The van der Waals surface area contributed by atoms with Gasteiger partial charge in [0.25, 0.3) is 0 Å². The summed E-state index contributed by atoms with van der Waals surface area (Å²) in [5.41, 5.74) is 0.967. The molecule has 0 bridgehead atoms. The Bertz CT molecular complexity index is 434. The van der Waals surface area contributed by atoms with E-state index in [1.165, 1.54) is 0 Å². The average Bonchev–Trinajstić information content (AvgIpc) is 2.89. The standard InChI is InChI=1S/C14H16O3/c1-2-15-10-11-17-13-7-4-3-6-12(13)14-8-5-9-16-14/h3-9H,2,10-11H2,1H3. The highest BCUT2D eigenvalue weighted by Gasteiger charge is 2.07. The van der Waals surface area contributed by atoms with Gasteiger partial charge >= 0.3 is 0 Å². The Morgan fingerprint density at radius 1 is 1.06 bits per heavy atom. The highest BCUT2D eigenvalue weighted by molar-refractivity contribution is 5.65. The molecule has 0 N–H and O–H groups in total. The molecule has 0 spiro atoms. The first-order valence-electron chi connectivity index (χ1n) is 5.75. The van der Waals surface area contributed by atoms with E-state index in [0.29, 0.717) is 19.8 Å². The Balaban J connectivity index is 2.06. The molecule has 17 heavy (non-hydrogen) atoms. The minimum absolute atomic E-state index is 0.547. The summed E-state index contributed by atoms with van der Waals surface area (Å²) in [7, 11) is 0. The van der Waals surface area contributed by atoms with E-state index < -0.39 is 0 Å². The van der Waals surface area contributed by atoms with Crippen molar-refractivity contribution in [2.75, 3.05) is 19.8 Å². The molecule has 0 saturated heterocycles. The van der Waals surface area contributed by atoms with E-state index in [4.69, 9.17) is 13.9 Å². The second kappa shape index (κ2) is 6.11. The summed E-state index contributed by atoms with van der Waals surface area (Å²) in [4.78, 5) is 0. The maximum atomic E-state index is 5.68. The van der Waals surface area contributed by atoms with Crippen LogP contribution in [0.4, 0.5) is 0 Å². The van der Waals surface area contributed by atoms with Crippen LogP contribution in [0.5, 0.6) is 5.75 Å². The van der Waals surface area contributed by atoms with Crippen LogP contribution in [0, 0.1) is 0 Å². The minimum atomic E-state index is 0.547. The zero-order valence-electron chi connectivity index (χ0n) is 9.89. The van der Waals surface area contributed by atoms with Gasteiger partial charge in [-0.2, -0.15) is 0 Å². The minimum Gasteiger partial charge on any atom is -0.490 e. The lowest BCUT2D eigenvalue weighted by atomic mass is 10.1. The molecule has 3 heteroatoms. The van der Waals surface area contributed by atoms with Crippen molar-refractivity contribution in [1.82, 2.24) is 0 Å². The Kier molecular flexibility index (Phi) is 4.22. The predicted molar refractivity (Wildman–Crippen MR) is 66.1 cm³/mol. The highest BCUT2D eigenvalue weighted by atomic mass is 16.5. The van der Waals surface area contributed by atoms with E-state index in [9.17, 15) is 0 Å². The summed E-state index contributed by atoms with van der Waals surface area (Å²) in [5.74, 6) is 1.64. The molecule has 0 aliphatic carbocycles. The lowest BCUT2D eigenvalue weighted by Crippen LogP contribution is -2.06. The van der Waals surface area contributed by atoms with Crippen LogP contribution >= 0.6 is 0 Å². The van der Waals surface area contributed by atoms with E-state index in [1.807, 2.05) is 43.3 Å². The molecule has 1 aromatic carbocycles. The smallest absolute Gasteiger partial charge is 0.137 e. The summed E-state index contributed by atoms with van der Waals surface area (Å²) in [6, 6.07) is 11.6. The van der Waals surface area contributed by atoms with Gasteiger partial charge in [0.15, 0.2) is 0 Å². The maximum absolute atomic E-state index is 5.68. The summed E-state index contributed by atoms with van der Waals surface area (Å²) in [5, 5.41) is 0. The third-order valence-corrected chi connectivity index (χ3v) is 2.36. The summed E-state index contributed by atoms with van der Waals surface area (Å²) in [6.45, 7) is 3.83. The zero-order valence-corrected chi connectivity index (χ0v) is 9.89. The van der Waals surface area contributed by atoms with Crippen LogP contribution in [-0.4, -0.2) is 19.8 Å². The van der Waals surface area contributed by atoms with Crippen LogP contribution in [0.15, 0.2) is 47.1 Å². The molecule has 1 heterocycles. The molecule has 90 valence electrons. The van der Waals surface area contributed by atoms with Crippen LogP contribution in [0.2, 0.25) is 0 Å². The second-order valence-corrected chi connectivity index (χ2v) is 3.52. The van der Waals surface area contributed by atoms with Crippen LogP contribution in [-0.2, 0) is 4.74 Å². The van der Waals surface area contributed by atoms with Gasteiger partial charge in [0, 0.05) is 6.61 Å². The Hall–Kier alpha value is -1.74. The topological polar surface area (TPSA) is 31.6 Å². The molecule has 1 aromatic heterocycles. The number of hydrogen-bond donors (Lipinski definition) is 0. The van der Waals surface area contributed by atoms with Crippen LogP contribution < -0.4 is 4.74 Å². The molecule has 0 aliphatic heterocycles. The fraction of sp³-hybridized carbons (Fsp3) is 0.286. The maximum Gasteiger partial charge on any atom is 0.137 e. The quantitative estimate of drug-likeness (QED) is 0.716. The molecule has 0 saturated carbocycles. The van der Waals surface area contributed by atoms with Crippen molar-refractivity contribution < 1.29 is 13.9 Å². The van der Waals surface area contributed by atoms with Gasteiger partial charge in [0.05, 0.1) is 18.4 Å². The molecule has 0 aliphatic rings. The monoisotopic (exact) mass is 232 g/mol. The largest absolute Gasteiger partial charge is 0.490 e. The fourth-order valence-electron chi connectivity index (χ4n) is 1.58. The highest BCUT2D eigenvalue weighted by Crippen LogP contribution is 2.29. The molecule has 0 unspecified atom stereocenters. The first kappa shape index (κ1) is 11.7. The number of ether oxygens (including phenoxy) is 2. The van der Waals surface area contributed by atoms with Crippen LogP contribution in [0.1, 0.15) is 6.92 Å². The van der Waals surface area contributed by atoms with E-state index >= 15 is 0 Å². The molecular formula is C14H16O3. The van der Waals surface area contributed by atoms with Gasteiger partial charge in [-0.3, -0.25) is 0 Å². The van der Waals surface area contributed by atoms with E-state index in [1.54, 1.807) is 6.26 Å². The van der Waals surface area contributed by atoms with Crippen molar-refractivity contribution in [2.24, 2.45) is 0 Å². The lowest BCUT2D eigenvalue weighted by Gasteiger charge is -2.09. The van der Waals surface area contributed by atoms with Crippen molar-refractivity contribution in [3.8, 4) is 17.1 Å². The van der Waals surface area contributed by atoms with E-state index in [2.05, 4.69) is 0 Å². The van der Waals surface area contributed by atoms with Gasteiger partial charge < -0.3 is 13.9 Å². The van der Waals surface area contributed by atoms with Crippen molar-refractivity contribution in [2.45, 2.75) is 6.92 Å². The molecule has 0 amide bonds. The predicted octanol–water partition coefficient (Wildman–Crippen LogP) is 3.36. The molecule has 0 atom stereocenters. The zero-order chi connectivity index (χ0) is 11.9.